The number of rotatable bonds is 11. The molecule has 0 spiro atoms. The molecule has 1 aliphatic rings. The predicted molar refractivity (Wildman–Crippen MR) is 121 cm³/mol. The molecule has 0 aromatic heterocycles. The van der Waals surface area contributed by atoms with Crippen LogP contribution in [-0.4, -0.2) is 31.7 Å². The summed E-state index contributed by atoms with van der Waals surface area (Å²) in [5.74, 6) is -0.909. The van der Waals surface area contributed by atoms with Gasteiger partial charge in [0.1, 0.15) is 18.0 Å². The average Bonchev–Trinajstić information content (AvgIpc) is 3.61. The molecule has 32 heavy (non-hydrogen) atoms. The van der Waals surface area contributed by atoms with E-state index in [1.54, 1.807) is 26.0 Å². The van der Waals surface area contributed by atoms with Crippen LogP contribution >= 0.6 is 0 Å². The number of hydrogen-bond donors (Lipinski definition) is 0. The minimum Gasteiger partial charge on any atom is -0.464 e. The smallest absolute Gasteiger partial charge is 0.308 e. The summed E-state index contributed by atoms with van der Waals surface area (Å²) >= 11 is 0. The van der Waals surface area contributed by atoms with Crippen LogP contribution < -0.4 is 0 Å². The monoisotopic (exact) mass is 458 g/mol. The molecule has 0 amide bonds. The van der Waals surface area contributed by atoms with Crippen molar-refractivity contribution in [3.8, 4) is 0 Å². The first-order chi connectivity index (χ1) is 15.2. The molecule has 3 rings (SSSR count). The van der Waals surface area contributed by atoms with E-state index in [2.05, 4.69) is 0 Å². The highest BCUT2D eigenvalue weighted by molar-refractivity contribution is 7.92. The van der Waals surface area contributed by atoms with Crippen molar-refractivity contribution in [1.82, 2.24) is 0 Å². The van der Waals surface area contributed by atoms with Crippen molar-refractivity contribution in [1.29, 1.82) is 0 Å². The molecule has 2 aromatic rings. The summed E-state index contributed by atoms with van der Waals surface area (Å²) in [6.45, 7) is 3.19. The van der Waals surface area contributed by atoms with Gasteiger partial charge in [-0.2, -0.15) is 0 Å². The number of esters is 2. The van der Waals surface area contributed by atoms with Gasteiger partial charge in [0.15, 0.2) is 9.84 Å². The Kier molecular flexibility index (Phi) is 7.72. The number of carbonyl (C=O) groups is 2. The van der Waals surface area contributed by atoms with E-state index in [1.807, 2.05) is 42.5 Å². The molecular weight excluding hydrogens is 428 g/mol. The zero-order valence-electron chi connectivity index (χ0n) is 18.6. The standard InChI is InChI=1S/C25H30O6S/c1-25(2,18-31-24(27)21-12-13-21)32(28,29)17-22-11-7-6-10-20(22)14-15-23(26)30-16-19-8-4-3-5-9-19/h3-11,21H,12-18H2,1-2H3. The van der Waals surface area contributed by atoms with Gasteiger partial charge in [-0.15, -0.1) is 0 Å². The first kappa shape index (κ1) is 24.0. The van der Waals surface area contributed by atoms with Crippen LogP contribution in [0.2, 0.25) is 0 Å². The number of hydrogen-bond acceptors (Lipinski definition) is 6. The van der Waals surface area contributed by atoms with Crippen molar-refractivity contribution in [3.05, 3.63) is 71.3 Å². The summed E-state index contributed by atoms with van der Waals surface area (Å²) < 4.78 is 35.5. The molecule has 0 atom stereocenters. The molecule has 0 saturated heterocycles. The highest BCUT2D eigenvalue weighted by Crippen LogP contribution is 2.31. The van der Waals surface area contributed by atoms with E-state index in [4.69, 9.17) is 9.47 Å². The van der Waals surface area contributed by atoms with Crippen LogP contribution in [0.25, 0.3) is 0 Å². The van der Waals surface area contributed by atoms with Crippen molar-refractivity contribution in [2.45, 2.75) is 56.6 Å². The Bertz CT molecular complexity index is 1040. The van der Waals surface area contributed by atoms with E-state index in [1.165, 1.54) is 0 Å². The molecule has 172 valence electrons. The van der Waals surface area contributed by atoms with Gasteiger partial charge in [-0.25, -0.2) is 8.42 Å². The minimum atomic E-state index is -3.61. The lowest BCUT2D eigenvalue weighted by molar-refractivity contribution is -0.146. The second-order valence-corrected chi connectivity index (χ2v) is 11.4. The third-order valence-corrected chi connectivity index (χ3v) is 8.11. The molecule has 6 nitrogen and oxygen atoms in total. The number of benzene rings is 2. The van der Waals surface area contributed by atoms with Crippen LogP contribution in [-0.2, 0) is 47.7 Å². The summed E-state index contributed by atoms with van der Waals surface area (Å²) in [6.07, 6.45) is 2.17. The minimum absolute atomic E-state index is 0.0733. The van der Waals surface area contributed by atoms with Crippen molar-refractivity contribution in [3.63, 3.8) is 0 Å². The molecule has 0 radical (unpaired) electrons. The molecule has 1 fully saturated rings. The highest BCUT2D eigenvalue weighted by Gasteiger charge is 2.38. The molecule has 0 heterocycles. The largest absolute Gasteiger partial charge is 0.464 e. The quantitative estimate of drug-likeness (QED) is 0.473. The molecule has 0 N–H and O–H groups in total. The SMILES string of the molecule is CC(C)(COC(=O)C1CC1)S(=O)(=O)Cc1ccccc1CCC(=O)OCc1ccccc1. The summed E-state index contributed by atoms with van der Waals surface area (Å²) in [4.78, 5) is 24.0. The van der Waals surface area contributed by atoms with Gasteiger partial charge in [0.2, 0.25) is 0 Å². The van der Waals surface area contributed by atoms with E-state index in [0.29, 0.717) is 12.0 Å². The summed E-state index contributed by atoms with van der Waals surface area (Å²) in [6, 6.07) is 16.6. The fraction of sp³-hybridized carbons (Fsp3) is 0.440. The van der Waals surface area contributed by atoms with Crippen molar-refractivity contribution in [2.24, 2.45) is 5.92 Å². The van der Waals surface area contributed by atoms with Gasteiger partial charge in [0, 0.05) is 6.42 Å². The second-order valence-electron chi connectivity index (χ2n) is 8.82. The Morgan fingerprint density at radius 3 is 2.22 bits per heavy atom. The van der Waals surface area contributed by atoms with Crippen LogP contribution in [0.15, 0.2) is 54.6 Å². The lowest BCUT2D eigenvalue weighted by atomic mass is 10.0. The highest BCUT2D eigenvalue weighted by atomic mass is 32.2. The Morgan fingerprint density at radius 2 is 1.56 bits per heavy atom. The topological polar surface area (TPSA) is 86.7 Å². The van der Waals surface area contributed by atoms with Crippen LogP contribution in [0, 0.1) is 5.92 Å². The van der Waals surface area contributed by atoms with Crippen LogP contribution in [0.4, 0.5) is 0 Å². The maximum absolute atomic E-state index is 13.1. The van der Waals surface area contributed by atoms with Gasteiger partial charge in [-0.1, -0.05) is 54.6 Å². The first-order valence-corrected chi connectivity index (χ1v) is 12.5. The van der Waals surface area contributed by atoms with Crippen LogP contribution in [0.3, 0.4) is 0 Å². The Balaban J connectivity index is 1.57. The molecular formula is C25H30O6S. The van der Waals surface area contributed by atoms with Crippen molar-refractivity contribution in [2.75, 3.05) is 6.61 Å². The van der Waals surface area contributed by atoms with Gasteiger partial charge in [0.05, 0.1) is 11.7 Å². The van der Waals surface area contributed by atoms with Crippen LogP contribution in [0.5, 0.6) is 0 Å². The Hall–Kier alpha value is -2.67. The molecule has 0 unspecified atom stereocenters. The lowest BCUT2D eigenvalue weighted by Gasteiger charge is -2.25. The summed E-state index contributed by atoms with van der Waals surface area (Å²) in [5.41, 5.74) is 2.35. The van der Waals surface area contributed by atoms with Gasteiger partial charge in [-0.3, -0.25) is 9.59 Å². The van der Waals surface area contributed by atoms with Gasteiger partial charge >= 0.3 is 11.9 Å². The fourth-order valence-corrected chi connectivity index (χ4v) is 4.48. The maximum atomic E-state index is 13.1. The van der Waals surface area contributed by atoms with E-state index in [-0.39, 0.29) is 43.2 Å². The molecule has 1 aliphatic carbocycles. The molecule has 0 bridgehead atoms. The summed E-state index contributed by atoms with van der Waals surface area (Å²) in [7, 11) is -3.61. The Labute approximate surface area is 189 Å². The number of carbonyl (C=O) groups excluding carboxylic acids is 2. The van der Waals surface area contributed by atoms with E-state index < -0.39 is 14.6 Å². The lowest BCUT2D eigenvalue weighted by Crippen LogP contribution is -2.39. The fourth-order valence-electron chi connectivity index (χ4n) is 3.16. The first-order valence-electron chi connectivity index (χ1n) is 10.8. The number of sulfone groups is 1. The third-order valence-electron chi connectivity index (χ3n) is 5.62. The van der Waals surface area contributed by atoms with E-state index >= 15 is 0 Å². The number of ether oxygens (including phenoxy) is 2. The third kappa shape index (κ3) is 6.66. The number of aryl methyl sites for hydroxylation is 1. The maximum Gasteiger partial charge on any atom is 0.308 e. The predicted octanol–water partition coefficient (Wildman–Crippen LogP) is 4.01. The molecule has 1 saturated carbocycles. The van der Waals surface area contributed by atoms with E-state index in [9.17, 15) is 18.0 Å². The normalized spacial score (nSPS) is 14.1. The van der Waals surface area contributed by atoms with E-state index in [0.717, 1.165) is 24.0 Å². The van der Waals surface area contributed by atoms with Gasteiger partial charge in [-0.05, 0) is 49.8 Å². The van der Waals surface area contributed by atoms with Crippen LogP contribution in [0.1, 0.15) is 49.8 Å². The molecule has 7 heteroatoms. The van der Waals surface area contributed by atoms with Gasteiger partial charge < -0.3 is 9.47 Å². The Morgan fingerprint density at radius 1 is 0.938 bits per heavy atom. The van der Waals surface area contributed by atoms with Gasteiger partial charge in [0.25, 0.3) is 0 Å². The summed E-state index contributed by atoms with van der Waals surface area (Å²) in [5, 5.41) is 0. The molecule has 2 aromatic carbocycles. The van der Waals surface area contributed by atoms with Crippen molar-refractivity contribution >= 4 is 21.8 Å². The zero-order valence-corrected chi connectivity index (χ0v) is 19.4. The average molecular weight is 459 g/mol. The second kappa shape index (κ2) is 10.3. The molecule has 0 aliphatic heterocycles. The van der Waals surface area contributed by atoms with Crippen molar-refractivity contribution < 1.29 is 27.5 Å². The zero-order chi connectivity index (χ0) is 23.2.